The van der Waals surface area contributed by atoms with Crippen molar-refractivity contribution in [1.82, 2.24) is 5.32 Å². The van der Waals surface area contributed by atoms with Crippen molar-refractivity contribution in [2.45, 2.75) is 89.6 Å². The molecule has 0 amide bonds. The van der Waals surface area contributed by atoms with Gasteiger partial charge >= 0.3 is 0 Å². The standard InChI is InChI=1S/C30H45NOSi/c1-30(2,3)33(26-17-8-4-9-18-26,27-19-10-5-11-20-27)32-24-12-6-7-15-25-16-13-22-29-28(25)21-14-23-31-29/h4-5,8-11,17-20,25,28-29,31H,6-7,12-16,21-24H2,1-3H3/t25-,28+,29-/m1/s1. The van der Waals surface area contributed by atoms with Crippen molar-refractivity contribution < 1.29 is 4.43 Å². The zero-order valence-corrected chi connectivity index (χ0v) is 22.2. The summed E-state index contributed by atoms with van der Waals surface area (Å²) in [5.41, 5.74) is 0. The van der Waals surface area contributed by atoms with Crippen molar-refractivity contribution in [1.29, 1.82) is 0 Å². The molecule has 0 aromatic heterocycles. The van der Waals surface area contributed by atoms with Gasteiger partial charge in [0.05, 0.1) is 0 Å². The minimum atomic E-state index is -2.37. The number of fused-ring (bicyclic) bond motifs is 1. The summed E-state index contributed by atoms with van der Waals surface area (Å²) in [6.45, 7) is 9.23. The van der Waals surface area contributed by atoms with Crippen molar-refractivity contribution in [2.75, 3.05) is 13.2 Å². The Hall–Kier alpha value is -1.42. The van der Waals surface area contributed by atoms with E-state index in [0.29, 0.717) is 0 Å². The van der Waals surface area contributed by atoms with Gasteiger partial charge in [0.15, 0.2) is 0 Å². The van der Waals surface area contributed by atoms with Crippen molar-refractivity contribution in [3.05, 3.63) is 60.7 Å². The first-order chi connectivity index (χ1) is 16.0. The highest BCUT2D eigenvalue weighted by molar-refractivity contribution is 6.99. The molecular formula is C30H45NOSi. The summed E-state index contributed by atoms with van der Waals surface area (Å²) in [6, 6.07) is 22.9. The number of rotatable bonds is 9. The van der Waals surface area contributed by atoms with E-state index < -0.39 is 8.32 Å². The van der Waals surface area contributed by atoms with Crippen LogP contribution in [0.4, 0.5) is 0 Å². The highest BCUT2D eigenvalue weighted by Gasteiger charge is 2.49. The topological polar surface area (TPSA) is 21.3 Å². The van der Waals surface area contributed by atoms with Gasteiger partial charge in [-0.05, 0) is 59.5 Å². The monoisotopic (exact) mass is 463 g/mol. The van der Waals surface area contributed by atoms with Crippen LogP contribution in [0.25, 0.3) is 0 Å². The van der Waals surface area contributed by atoms with E-state index in [1.165, 1.54) is 74.7 Å². The molecule has 1 aliphatic carbocycles. The molecule has 180 valence electrons. The van der Waals surface area contributed by atoms with Gasteiger partial charge < -0.3 is 9.74 Å². The Kier molecular flexibility index (Phi) is 8.48. The fourth-order valence-corrected chi connectivity index (χ4v) is 11.3. The van der Waals surface area contributed by atoms with Crippen molar-refractivity contribution in [3.8, 4) is 0 Å². The molecule has 1 N–H and O–H groups in total. The van der Waals surface area contributed by atoms with E-state index in [-0.39, 0.29) is 5.04 Å². The van der Waals surface area contributed by atoms with Gasteiger partial charge in [-0.1, -0.05) is 114 Å². The van der Waals surface area contributed by atoms with E-state index in [9.17, 15) is 0 Å². The maximum absolute atomic E-state index is 7.07. The van der Waals surface area contributed by atoms with Gasteiger partial charge in [-0.3, -0.25) is 0 Å². The zero-order chi connectivity index (χ0) is 23.2. The number of piperidine rings is 1. The molecule has 2 aromatic rings. The minimum Gasteiger partial charge on any atom is -0.407 e. The van der Waals surface area contributed by atoms with Gasteiger partial charge in [0.2, 0.25) is 0 Å². The lowest BCUT2D eigenvalue weighted by molar-refractivity contribution is 0.129. The maximum atomic E-state index is 7.07. The van der Waals surface area contributed by atoms with Gasteiger partial charge in [0.25, 0.3) is 8.32 Å². The second-order valence-corrected chi connectivity index (χ2v) is 15.7. The van der Waals surface area contributed by atoms with E-state index in [2.05, 4.69) is 86.8 Å². The van der Waals surface area contributed by atoms with E-state index in [1.807, 2.05) is 0 Å². The second kappa shape index (κ2) is 11.3. The molecule has 1 saturated carbocycles. The largest absolute Gasteiger partial charge is 0.407 e. The minimum absolute atomic E-state index is 0.0702. The maximum Gasteiger partial charge on any atom is 0.261 e. The van der Waals surface area contributed by atoms with Crippen LogP contribution in [0.15, 0.2) is 60.7 Å². The fraction of sp³-hybridized carbons (Fsp3) is 0.600. The predicted molar refractivity (Wildman–Crippen MR) is 144 cm³/mol. The van der Waals surface area contributed by atoms with E-state index in [0.717, 1.165) is 24.5 Å². The molecule has 2 fully saturated rings. The molecule has 2 nitrogen and oxygen atoms in total. The molecule has 2 aromatic carbocycles. The zero-order valence-electron chi connectivity index (χ0n) is 21.2. The Morgan fingerprint density at radius 1 is 0.818 bits per heavy atom. The molecule has 1 aliphatic heterocycles. The number of hydrogen-bond acceptors (Lipinski definition) is 2. The second-order valence-electron chi connectivity index (χ2n) is 11.4. The lowest BCUT2D eigenvalue weighted by Gasteiger charge is -2.43. The van der Waals surface area contributed by atoms with Gasteiger partial charge in [-0.25, -0.2) is 0 Å². The lowest BCUT2D eigenvalue weighted by atomic mass is 9.70. The smallest absolute Gasteiger partial charge is 0.261 e. The molecule has 4 rings (SSSR count). The summed E-state index contributed by atoms with van der Waals surface area (Å²) in [5, 5.41) is 6.66. The third-order valence-electron chi connectivity index (χ3n) is 8.29. The lowest BCUT2D eigenvalue weighted by Crippen LogP contribution is -2.66. The average molecular weight is 464 g/mol. The quantitative estimate of drug-likeness (QED) is 0.348. The number of unbranched alkanes of at least 4 members (excludes halogenated alkanes) is 2. The van der Waals surface area contributed by atoms with Gasteiger partial charge in [-0.15, -0.1) is 0 Å². The molecule has 0 radical (unpaired) electrons. The molecule has 3 heteroatoms. The van der Waals surface area contributed by atoms with E-state index >= 15 is 0 Å². The summed E-state index contributed by atoms with van der Waals surface area (Å²) >= 11 is 0. The highest BCUT2D eigenvalue weighted by atomic mass is 28.4. The van der Waals surface area contributed by atoms with Crippen LogP contribution >= 0.6 is 0 Å². The first-order valence-electron chi connectivity index (χ1n) is 13.5. The average Bonchev–Trinajstić information content (AvgIpc) is 2.84. The molecule has 1 saturated heterocycles. The van der Waals surface area contributed by atoms with Crippen LogP contribution in [-0.2, 0) is 4.43 Å². The molecule has 0 unspecified atom stereocenters. The fourth-order valence-electron chi connectivity index (χ4n) is 6.70. The Morgan fingerprint density at radius 2 is 1.48 bits per heavy atom. The van der Waals surface area contributed by atoms with Gasteiger partial charge in [-0.2, -0.15) is 0 Å². The molecule has 3 atom stereocenters. The Labute approximate surface area is 203 Å². The van der Waals surface area contributed by atoms with Crippen molar-refractivity contribution in [2.24, 2.45) is 11.8 Å². The van der Waals surface area contributed by atoms with Crippen LogP contribution in [0.2, 0.25) is 5.04 Å². The SMILES string of the molecule is CC(C)(C)[Si](OCCCCC[C@@H]1CCC[C@H]2NCCC[C@@H]12)(c1ccccc1)c1ccccc1. The van der Waals surface area contributed by atoms with Crippen molar-refractivity contribution in [3.63, 3.8) is 0 Å². The number of nitrogens with one attached hydrogen (secondary N) is 1. The molecule has 33 heavy (non-hydrogen) atoms. The van der Waals surface area contributed by atoms with Crippen LogP contribution in [0, 0.1) is 11.8 Å². The van der Waals surface area contributed by atoms with Crippen LogP contribution in [0.5, 0.6) is 0 Å². The molecule has 0 spiro atoms. The first kappa shape index (κ1) is 24.7. The summed E-state index contributed by atoms with van der Waals surface area (Å²) in [5.74, 6) is 1.90. The Morgan fingerprint density at radius 3 is 2.12 bits per heavy atom. The third kappa shape index (κ3) is 5.63. The summed E-state index contributed by atoms with van der Waals surface area (Å²) in [6.07, 6.45) is 12.4. The molecule has 1 heterocycles. The van der Waals surface area contributed by atoms with Crippen LogP contribution < -0.4 is 15.7 Å². The van der Waals surface area contributed by atoms with Crippen molar-refractivity contribution >= 4 is 18.7 Å². The first-order valence-corrected chi connectivity index (χ1v) is 15.4. The summed E-state index contributed by atoms with van der Waals surface area (Å²) in [4.78, 5) is 0. The predicted octanol–water partition coefficient (Wildman–Crippen LogP) is 6.29. The van der Waals surface area contributed by atoms with Crippen LogP contribution in [-0.4, -0.2) is 27.5 Å². The number of hydrogen-bond donors (Lipinski definition) is 1. The van der Waals surface area contributed by atoms with Gasteiger partial charge in [0.1, 0.15) is 0 Å². The van der Waals surface area contributed by atoms with Gasteiger partial charge in [0, 0.05) is 12.6 Å². The molecule has 2 aliphatic rings. The summed E-state index contributed by atoms with van der Waals surface area (Å²) in [7, 11) is -2.37. The van der Waals surface area contributed by atoms with E-state index in [4.69, 9.17) is 4.43 Å². The third-order valence-corrected chi connectivity index (χ3v) is 13.3. The number of benzene rings is 2. The Bertz CT molecular complexity index is 790. The highest BCUT2D eigenvalue weighted by Crippen LogP contribution is 2.39. The summed E-state index contributed by atoms with van der Waals surface area (Å²) < 4.78 is 7.07. The molecule has 0 bridgehead atoms. The van der Waals surface area contributed by atoms with Crippen LogP contribution in [0.3, 0.4) is 0 Å². The van der Waals surface area contributed by atoms with E-state index in [1.54, 1.807) is 0 Å². The molecular weight excluding hydrogens is 418 g/mol. The normalized spacial score (nSPS) is 23.8. The van der Waals surface area contributed by atoms with Crippen LogP contribution in [0.1, 0.15) is 78.6 Å². The Balaban J connectivity index is 1.37.